The van der Waals surface area contributed by atoms with E-state index in [1.165, 1.54) is 0 Å². The van der Waals surface area contributed by atoms with Crippen LogP contribution in [0.1, 0.15) is 20.3 Å². The summed E-state index contributed by atoms with van der Waals surface area (Å²) < 4.78 is 0. The topological polar surface area (TPSA) is 50.4 Å². The molecule has 3 nitrogen and oxygen atoms in total. The van der Waals surface area contributed by atoms with E-state index >= 15 is 0 Å². The van der Waals surface area contributed by atoms with Crippen molar-refractivity contribution in [3.05, 3.63) is 23.9 Å². The molecule has 12 heavy (non-hydrogen) atoms. The van der Waals surface area contributed by atoms with Crippen molar-refractivity contribution in [2.75, 3.05) is 6.54 Å². The third-order valence-electron chi connectivity index (χ3n) is 1.35. The van der Waals surface area contributed by atoms with Crippen molar-refractivity contribution in [1.82, 2.24) is 5.43 Å². The van der Waals surface area contributed by atoms with Crippen LogP contribution in [0.3, 0.4) is 0 Å². The summed E-state index contributed by atoms with van der Waals surface area (Å²) in [7, 11) is 0. The molecule has 0 aliphatic heterocycles. The Labute approximate surface area is 74.0 Å². The van der Waals surface area contributed by atoms with Crippen molar-refractivity contribution in [2.45, 2.75) is 20.3 Å². The molecule has 0 saturated carbocycles. The van der Waals surface area contributed by atoms with Gasteiger partial charge in [-0.2, -0.15) is 5.10 Å². The lowest BCUT2D eigenvalue weighted by Gasteiger charge is -1.96. The van der Waals surface area contributed by atoms with E-state index in [4.69, 9.17) is 5.73 Å². The van der Waals surface area contributed by atoms with Crippen LogP contribution in [-0.2, 0) is 0 Å². The van der Waals surface area contributed by atoms with Gasteiger partial charge in [0, 0.05) is 6.20 Å². The molecule has 0 atom stereocenters. The zero-order chi connectivity index (χ0) is 9.23. The Kier molecular flexibility index (Phi) is 7.28. The molecule has 0 saturated heterocycles. The molecule has 0 aliphatic carbocycles. The Morgan fingerprint density at radius 1 is 1.50 bits per heavy atom. The average Bonchev–Trinajstić information content (AvgIpc) is 2.10. The largest absolute Gasteiger partial charge is 0.330 e. The molecule has 68 valence electrons. The zero-order valence-electron chi connectivity index (χ0n) is 7.75. The van der Waals surface area contributed by atoms with E-state index in [9.17, 15) is 0 Å². The number of hydrogen-bond acceptors (Lipinski definition) is 3. The number of hydrazone groups is 1. The Morgan fingerprint density at radius 2 is 2.25 bits per heavy atom. The monoisotopic (exact) mass is 167 g/mol. The predicted octanol–water partition coefficient (Wildman–Crippen LogP) is 1.39. The van der Waals surface area contributed by atoms with Gasteiger partial charge >= 0.3 is 0 Å². The van der Waals surface area contributed by atoms with Crippen LogP contribution in [0.2, 0.25) is 0 Å². The van der Waals surface area contributed by atoms with E-state index in [1.807, 2.05) is 26.0 Å². The van der Waals surface area contributed by atoms with Crippen molar-refractivity contribution >= 4 is 6.21 Å². The molecule has 0 bridgehead atoms. The fraction of sp³-hybridized carbons (Fsp3) is 0.444. The summed E-state index contributed by atoms with van der Waals surface area (Å²) in [5.74, 6) is 0. The summed E-state index contributed by atoms with van der Waals surface area (Å²) in [4.78, 5) is 0. The normalized spacial score (nSPS) is 13.1. The van der Waals surface area contributed by atoms with E-state index in [0.29, 0.717) is 6.54 Å². The first-order chi connectivity index (χ1) is 5.85. The van der Waals surface area contributed by atoms with Gasteiger partial charge in [-0.3, -0.25) is 5.43 Å². The molecule has 0 heterocycles. The number of hydrogen-bond donors (Lipinski definition) is 2. The van der Waals surface area contributed by atoms with Gasteiger partial charge in [0.05, 0.1) is 6.21 Å². The molecule has 0 rings (SSSR count). The number of nitrogens with one attached hydrogen (secondary N) is 1. The van der Waals surface area contributed by atoms with E-state index in [1.54, 1.807) is 12.4 Å². The van der Waals surface area contributed by atoms with E-state index in [2.05, 4.69) is 10.5 Å². The molecule has 0 amide bonds. The third-order valence-corrected chi connectivity index (χ3v) is 1.35. The van der Waals surface area contributed by atoms with E-state index < -0.39 is 0 Å². The van der Waals surface area contributed by atoms with Gasteiger partial charge in [-0.25, -0.2) is 0 Å². The summed E-state index contributed by atoms with van der Waals surface area (Å²) in [6.07, 6.45) is 8.32. The van der Waals surface area contributed by atoms with Crippen molar-refractivity contribution in [3.8, 4) is 0 Å². The van der Waals surface area contributed by atoms with Gasteiger partial charge in [-0.05, 0) is 32.4 Å². The van der Waals surface area contributed by atoms with Crippen LogP contribution in [0.25, 0.3) is 0 Å². The van der Waals surface area contributed by atoms with Crippen LogP contribution < -0.4 is 11.2 Å². The first-order valence-corrected chi connectivity index (χ1v) is 4.10. The van der Waals surface area contributed by atoms with Crippen molar-refractivity contribution in [2.24, 2.45) is 10.8 Å². The molecule has 0 aliphatic rings. The van der Waals surface area contributed by atoms with Gasteiger partial charge in [0.1, 0.15) is 0 Å². The Hall–Kier alpha value is -1.09. The van der Waals surface area contributed by atoms with Gasteiger partial charge in [0.15, 0.2) is 0 Å². The van der Waals surface area contributed by atoms with Gasteiger partial charge in [-0.1, -0.05) is 12.2 Å². The van der Waals surface area contributed by atoms with Crippen LogP contribution in [0.4, 0.5) is 0 Å². The minimum atomic E-state index is 0.662. The van der Waals surface area contributed by atoms with Gasteiger partial charge in [0.2, 0.25) is 0 Å². The Bertz CT molecular complexity index is 180. The molecule has 0 aromatic carbocycles. The summed E-state index contributed by atoms with van der Waals surface area (Å²) in [5, 5.41) is 3.97. The van der Waals surface area contributed by atoms with Crippen LogP contribution in [0.15, 0.2) is 29.0 Å². The first kappa shape index (κ1) is 10.9. The van der Waals surface area contributed by atoms with Crippen molar-refractivity contribution in [1.29, 1.82) is 0 Å². The Balaban J connectivity index is 3.77. The third kappa shape index (κ3) is 5.68. The maximum atomic E-state index is 5.40. The fourth-order valence-corrected chi connectivity index (χ4v) is 0.688. The summed E-state index contributed by atoms with van der Waals surface area (Å²) >= 11 is 0. The second kappa shape index (κ2) is 8.01. The number of rotatable bonds is 5. The van der Waals surface area contributed by atoms with E-state index in [-0.39, 0.29) is 0 Å². The Morgan fingerprint density at radius 3 is 2.75 bits per heavy atom. The highest BCUT2D eigenvalue weighted by atomic mass is 15.3. The molecule has 3 heteroatoms. The number of allylic oxidation sites excluding steroid dienone is 2. The lowest BCUT2D eigenvalue weighted by atomic mass is 10.2. The first-order valence-electron chi connectivity index (χ1n) is 4.10. The predicted molar refractivity (Wildman–Crippen MR) is 53.9 cm³/mol. The number of nitrogens with zero attached hydrogens (tertiary/aromatic N) is 1. The smallest absolute Gasteiger partial charge is 0.0501 e. The highest BCUT2D eigenvalue weighted by Crippen LogP contribution is 1.94. The van der Waals surface area contributed by atoms with Crippen molar-refractivity contribution < 1.29 is 0 Å². The molecular weight excluding hydrogens is 150 g/mol. The lowest BCUT2D eigenvalue weighted by molar-refractivity contribution is 0.952. The molecule has 0 spiro atoms. The standard InChI is InChI=1S/C9H17N3/c1-3-7-11-12-8-9(4-2)5-6-10/h3-4,7-8,11H,5-6,10H2,1-2H3/b7-3+,9-4-,12-8-. The van der Waals surface area contributed by atoms with Gasteiger partial charge in [0.25, 0.3) is 0 Å². The molecule has 0 radical (unpaired) electrons. The molecule has 0 aromatic rings. The average molecular weight is 167 g/mol. The summed E-state index contributed by atoms with van der Waals surface area (Å²) in [6, 6.07) is 0. The van der Waals surface area contributed by atoms with Gasteiger partial charge < -0.3 is 5.73 Å². The van der Waals surface area contributed by atoms with Crippen LogP contribution in [0, 0.1) is 0 Å². The molecule has 0 fully saturated rings. The summed E-state index contributed by atoms with van der Waals surface area (Å²) in [6.45, 7) is 4.57. The van der Waals surface area contributed by atoms with Crippen LogP contribution in [-0.4, -0.2) is 12.8 Å². The summed E-state index contributed by atoms with van der Waals surface area (Å²) in [5.41, 5.74) is 9.31. The molecule has 0 unspecified atom stereocenters. The maximum absolute atomic E-state index is 5.40. The molecule has 3 N–H and O–H groups in total. The molecular formula is C9H17N3. The highest BCUT2D eigenvalue weighted by molar-refractivity contribution is 5.78. The second-order valence-corrected chi connectivity index (χ2v) is 2.29. The quantitative estimate of drug-likeness (QED) is 0.480. The highest BCUT2D eigenvalue weighted by Gasteiger charge is 1.87. The minimum Gasteiger partial charge on any atom is -0.330 e. The molecule has 0 aromatic heterocycles. The van der Waals surface area contributed by atoms with E-state index in [0.717, 1.165) is 12.0 Å². The lowest BCUT2D eigenvalue weighted by Crippen LogP contribution is -2.02. The van der Waals surface area contributed by atoms with Gasteiger partial charge in [-0.15, -0.1) is 0 Å². The minimum absolute atomic E-state index is 0.662. The fourth-order valence-electron chi connectivity index (χ4n) is 0.688. The van der Waals surface area contributed by atoms with Crippen LogP contribution in [0.5, 0.6) is 0 Å². The van der Waals surface area contributed by atoms with Crippen molar-refractivity contribution in [3.63, 3.8) is 0 Å². The second-order valence-electron chi connectivity index (χ2n) is 2.29. The maximum Gasteiger partial charge on any atom is 0.0501 e. The zero-order valence-corrected chi connectivity index (χ0v) is 7.75. The SMILES string of the molecule is C/C=C(\C=N/N/C=C/C)CCN. The van der Waals surface area contributed by atoms with Crippen LogP contribution >= 0.6 is 0 Å². The number of nitrogens with two attached hydrogens (primary N) is 1.